The number of allylic oxidation sites excluding steroid dienone is 2. The normalized spacial score (nSPS) is 13.7. The number of hydrogen-bond donors (Lipinski definition) is 0. The molecule has 0 saturated carbocycles. The smallest absolute Gasteiger partial charge is 0.161 e. The SMILES string of the molecule is C=N/C(=N\C(=N/Cc1ccc(C(C)(C)c2ccc(-c3cccc(-c4ccccc4)c3)cc2)cc1)C1=CCCC=C1)c1ccccc1. The largest absolute Gasteiger partial charge is 0.261 e. The summed E-state index contributed by atoms with van der Waals surface area (Å²) in [6, 6.07) is 47.0. The molecule has 0 radical (unpaired) electrons. The Hall–Kier alpha value is -5.41. The molecule has 226 valence electrons. The van der Waals surface area contributed by atoms with Crippen molar-refractivity contribution in [3.63, 3.8) is 0 Å². The maximum absolute atomic E-state index is 4.97. The van der Waals surface area contributed by atoms with Crippen molar-refractivity contribution in [1.29, 1.82) is 0 Å². The van der Waals surface area contributed by atoms with Crippen molar-refractivity contribution in [2.24, 2.45) is 15.0 Å². The van der Waals surface area contributed by atoms with E-state index in [1.165, 1.54) is 33.4 Å². The molecule has 3 heteroatoms. The Labute approximate surface area is 273 Å². The zero-order valence-electron chi connectivity index (χ0n) is 26.6. The van der Waals surface area contributed by atoms with Gasteiger partial charge in [-0.05, 0) is 64.6 Å². The number of hydrogen-bond acceptors (Lipinski definition) is 1. The van der Waals surface area contributed by atoms with Crippen LogP contribution in [-0.2, 0) is 12.0 Å². The van der Waals surface area contributed by atoms with Gasteiger partial charge in [0, 0.05) is 16.6 Å². The molecule has 0 aromatic heterocycles. The molecular weight excluding hydrogens is 558 g/mol. The van der Waals surface area contributed by atoms with Crippen molar-refractivity contribution in [1.82, 2.24) is 0 Å². The van der Waals surface area contributed by atoms with Gasteiger partial charge in [0.25, 0.3) is 0 Å². The van der Waals surface area contributed by atoms with Crippen molar-refractivity contribution in [2.45, 2.75) is 38.6 Å². The first-order valence-electron chi connectivity index (χ1n) is 15.9. The van der Waals surface area contributed by atoms with Crippen molar-refractivity contribution in [2.75, 3.05) is 0 Å². The second kappa shape index (κ2) is 14.1. The van der Waals surface area contributed by atoms with Crippen LogP contribution >= 0.6 is 0 Å². The van der Waals surface area contributed by atoms with Gasteiger partial charge < -0.3 is 0 Å². The van der Waals surface area contributed by atoms with Gasteiger partial charge in [-0.2, -0.15) is 0 Å². The van der Waals surface area contributed by atoms with E-state index in [2.05, 4.69) is 147 Å². The van der Waals surface area contributed by atoms with Gasteiger partial charge in [-0.1, -0.05) is 159 Å². The van der Waals surface area contributed by atoms with E-state index in [0.29, 0.717) is 18.2 Å². The molecule has 5 aromatic carbocycles. The lowest BCUT2D eigenvalue weighted by molar-refractivity contribution is 0.640. The van der Waals surface area contributed by atoms with Gasteiger partial charge in [0.1, 0.15) is 0 Å². The van der Waals surface area contributed by atoms with E-state index in [4.69, 9.17) is 9.98 Å². The first kappa shape index (κ1) is 30.6. The van der Waals surface area contributed by atoms with Crippen LogP contribution in [0.1, 0.15) is 48.9 Å². The van der Waals surface area contributed by atoms with Crippen LogP contribution in [0.25, 0.3) is 22.3 Å². The van der Waals surface area contributed by atoms with E-state index in [1.54, 1.807) is 0 Å². The fourth-order valence-electron chi connectivity index (χ4n) is 5.80. The van der Waals surface area contributed by atoms with Crippen LogP contribution in [0.5, 0.6) is 0 Å². The van der Waals surface area contributed by atoms with Crippen LogP contribution in [0.3, 0.4) is 0 Å². The van der Waals surface area contributed by atoms with Crippen LogP contribution in [-0.4, -0.2) is 18.4 Å². The molecule has 1 aliphatic rings. The third-order valence-electron chi connectivity index (χ3n) is 8.64. The second-order valence-corrected chi connectivity index (χ2v) is 12.1. The van der Waals surface area contributed by atoms with Gasteiger partial charge in [-0.3, -0.25) is 4.99 Å². The average Bonchev–Trinajstić information content (AvgIpc) is 3.13. The minimum absolute atomic E-state index is 0.153. The van der Waals surface area contributed by atoms with Crippen LogP contribution in [0.15, 0.2) is 172 Å². The third kappa shape index (κ3) is 7.11. The van der Waals surface area contributed by atoms with Gasteiger partial charge in [-0.15, -0.1) is 0 Å². The molecule has 0 fully saturated rings. The van der Waals surface area contributed by atoms with Gasteiger partial charge in [-0.25, -0.2) is 9.98 Å². The lowest BCUT2D eigenvalue weighted by Gasteiger charge is -2.26. The molecular formula is C43H39N3. The lowest BCUT2D eigenvalue weighted by atomic mass is 9.77. The van der Waals surface area contributed by atoms with Gasteiger partial charge in [0.15, 0.2) is 11.7 Å². The van der Waals surface area contributed by atoms with Crippen molar-refractivity contribution in [3.8, 4) is 22.3 Å². The summed E-state index contributed by atoms with van der Waals surface area (Å²) in [7, 11) is 0. The summed E-state index contributed by atoms with van der Waals surface area (Å²) in [6.45, 7) is 8.87. The third-order valence-corrected chi connectivity index (χ3v) is 8.64. The zero-order valence-corrected chi connectivity index (χ0v) is 26.6. The van der Waals surface area contributed by atoms with Crippen LogP contribution in [0.4, 0.5) is 0 Å². The van der Waals surface area contributed by atoms with Crippen molar-refractivity contribution < 1.29 is 0 Å². The molecule has 0 N–H and O–H groups in total. The molecule has 0 spiro atoms. The lowest BCUT2D eigenvalue weighted by Crippen LogP contribution is -2.18. The molecule has 6 rings (SSSR count). The highest BCUT2D eigenvalue weighted by atomic mass is 15.0. The summed E-state index contributed by atoms with van der Waals surface area (Å²) in [5, 5.41) is 0. The zero-order chi connectivity index (χ0) is 31.8. The van der Waals surface area contributed by atoms with Crippen molar-refractivity contribution in [3.05, 3.63) is 180 Å². The molecule has 0 amide bonds. The fraction of sp³-hybridized carbons (Fsp3) is 0.140. The molecule has 1 aliphatic carbocycles. The quantitative estimate of drug-likeness (QED) is 0.126. The Balaban J connectivity index is 1.20. The predicted molar refractivity (Wildman–Crippen MR) is 196 cm³/mol. The maximum atomic E-state index is 4.97. The number of amidine groups is 2. The van der Waals surface area contributed by atoms with Gasteiger partial charge >= 0.3 is 0 Å². The standard InChI is InChI=1S/C43H39N3/c1-43(2,40-28-24-34(25-29-40)38-21-13-20-37(30-38)33-14-7-4-8-15-33)39-26-22-32(23-27-39)31-45-42(36-18-11-6-12-19-36)46-41(44-3)35-16-9-5-10-17-35/h4-5,7-11,13-30H,3,6,12,31H2,1-2H3/b45-42-,46-41-. The number of rotatable bonds is 8. The molecule has 0 aliphatic heterocycles. The van der Waals surface area contributed by atoms with Gasteiger partial charge in [0.2, 0.25) is 0 Å². The predicted octanol–water partition coefficient (Wildman–Crippen LogP) is 10.7. The highest BCUT2D eigenvalue weighted by molar-refractivity contribution is 6.13. The minimum atomic E-state index is -0.153. The summed E-state index contributed by atoms with van der Waals surface area (Å²) in [5.41, 5.74) is 10.4. The fourth-order valence-corrected chi connectivity index (χ4v) is 5.80. The summed E-state index contributed by atoms with van der Waals surface area (Å²) >= 11 is 0. The molecule has 3 nitrogen and oxygen atoms in total. The summed E-state index contributed by atoms with van der Waals surface area (Å²) in [5.74, 6) is 1.26. The van der Waals surface area contributed by atoms with Crippen molar-refractivity contribution >= 4 is 18.4 Å². The van der Waals surface area contributed by atoms with E-state index in [-0.39, 0.29) is 5.41 Å². The van der Waals surface area contributed by atoms with E-state index in [9.17, 15) is 0 Å². The van der Waals surface area contributed by atoms with Crippen LogP contribution < -0.4 is 0 Å². The Morgan fingerprint density at radius 3 is 1.83 bits per heavy atom. The number of aliphatic imine (C=N–C) groups is 3. The summed E-state index contributed by atoms with van der Waals surface area (Å²) < 4.78 is 0. The van der Waals surface area contributed by atoms with E-state index >= 15 is 0 Å². The highest BCUT2D eigenvalue weighted by Gasteiger charge is 2.23. The Morgan fingerprint density at radius 2 is 1.22 bits per heavy atom. The summed E-state index contributed by atoms with van der Waals surface area (Å²) in [4.78, 5) is 14.1. The first-order valence-corrected chi connectivity index (χ1v) is 15.9. The van der Waals surface area contributed by atoms with Crippen LogP contribution in [0, 0.1) is 0 Å². The topological polar surface area (TPSA) is 37.1 Å². The number of nitrogens with zero attached hydrogens (tertiary/aromatic N) is 3. The molecule has 0 unspecified atom stereocenters. The average molecular weight is 598 g/mol. The molecule has 46 heavy (non-hydrogen) atoms. The molecule has 0 bridgehead atoms. The number of benzene rings is 5. The Morgan fingerprint density at radius 1 is 0.630 bits per heavy atom. The first-order chi connectivity index (χ1) is 22.5. The van der Waals surface area contributed by atoms with E-state index in [1.807, 2.05) is 30.3 Å². The van der Waals surface area contributed by atoms with Crippen LogP contribution in [0.2, 0.25) is 0 Å². The molecule has 0 atom stereocenters. The monoisotopic (exact) mass is 597 g/mol. The summed E-state index contributed by atoms with van der Waals surface area (Å²) in [6.07, 6.45) is 8.50. The maximum Gasteiger partial charge on any atom is 0.161 e. The highest BCUT2D eigenvalue weighted by Crippen LogP contribution is 2.34. The Kier molecular flexibility index (Phi) is 9.40. The van der Waals surface area contributed by atoms with Gasteiger partial charge in [0.05, 0.1) is 6.54 Å². The van der Waals surface area contributed by atoms with E-state index in [0.717, 1.165) is 29.5 Å². The molecule has 5 aromatic rings. The molecule has 0 heterocycles. The minimum Gasteiger partial charge on any atom is -0.261 e. The Bertz CT molecular complexity index is 1910. The molecule has 0 saturated heterocycles. The van der Waals surface area contributed by atoms with E-state index < -0.39 is 0 Å². The second-order valence-electron chi connectivity index (χ2n) is 12.1.